The molecule has 0 atom stereocenters. The van der Waals surface area contributed by atoms with Crippen molar-refractivity contribution in [3.8, 4) is 0 Å². The number of thioether (sulfide) groups is 1. The summed E-state index contributed by atoms with van der Waals surface area (Å²) in [4.78, 5) is 8.03. The second kappa shape index (κ2) is 6.15. The van der Waals surface area contributed by atoms with Crippen LogP contribution < -0.4 is 10.0 Å². The first-order chi connectivity index (χ1) is 11.4. The Hall–Kier alpha value is -2.56. The Balaban J connectivity index is 1.99. The van der Waals surface area contributed by atoms with Crippen molar-refractivity contribution in [1.82, 2.24) is 19.6 Å². The summed E-state index contributed by atoms with van der Waals surface area (Å²) in [7, 11) is 0. The molecule has 126 valence electrons. The lowest BCUT2D eigenvalue weighted by Gasteiger charge is -2.09. The summed E-state index contributed by atoms with van der Waals surface area (Å²) < 4.78 is 40.7. The third-order valence-electron chi connectivity index (χ3n) is 3.12. The number of hydrogen-bond acceptors (Lipinski definition) is 6. The Labute approximate surface area is 138 Å². The van der Waals surface area contributed by atoms with E-state index >= 15 is 0 Å². The highest BCUT2D eigenvalue weighted by Gasteiger charge is 2.36. The maximum atomic E-state index is 13.0. The maximum Gasteiger partial charge on any atom is 0.421 e. The van der Waals surface area contributed by atoms with Crippen LogP contribution in [0.15, 0.2) is 35.9 Å². The molecule has 0 unspecified atom stereocenters. The van der Waals surface area contributed by atoms with E-state index in [1.807, 2.05) is 0 Å². The minimum absolute atomic E-state index is 0.112. The van der Waals surface area contributed by atoms with Gasteiger partial charge in [0, 0.05) is 18.2 Å². The average molecular weight is 356 g/mol. The molecule has 0 aromatic carbocycles. The van der Waals surface area contributed by atoms with Crippen LogP contribution in [0.2, 0.25) is 0 Å². The molecule has 0 saturated heterocycles. The van der Waals surface area contributed by atoms with E-state index in [2.05, 4.69) is 20.4 Å². The van der Waals surface area contributed by atoms with Crippen LogP contribution in [0, 0.1) is 5.21 Å². The van der Waals surface area contributed by atoms with Crippen molar-refractivity contribution in [1.29, 1.82) is 0 Å². The zero-order chi connectivity index (χ0) is 17.3. The summed E-state index contributed by atoms with van der Waals surface area (Å²) in [5.74, 6) is 0.112. The molecule has 0 saturated carbocycles. The highest BCUT2D eigenvalue weighted by molar-refractivity contribution is 7.98. The number of nitrogens with zero attached hydrogens (tertiary/aromatic N) is 5. The molecular weight excluding hydrogens is 345 g/mol. The van der Waals surface area contributed by atoms with E-state index in [1.165, 1.54) is 12.4 Å². The average Bonchev–Trinajstić information content (AvgIpc) is 2.96. The van der Waals surface area contributed by atoms with Crippen LogP contribution in [-0.2, 0) is 12.7 Å². The van der Waals surface area contributed by atoms with Gasteiger partial charge in [-0.25, -0.2) is 4.98 Å². The fraction of sp³-hybridized carbons (Fsp3) is 0.231. The van der Waals surface area contributed by atoms with Gasteiger partial charge in [-0.05, 0) is 12.3 Å². The molecule has 0 aliphatic heterocycles. The molecule has 11 heteroatoms. The first kappa shape index (κ1) is 16.3. The van der Waals surface area contributed by atoms with Gasteiger partial charge in [0.2, 0.25) is 5.95 Å². The van der Waals surface area contributed by atoms with E-state index < -0.39 is 11.7 Å². The number of aromatic nitrogens is 5. The predicted octanol–water partition coefficient (Wildman–Crippen LogP) is 2.11. The Morgan fingerprint density at radius 2 is 2.17 bits per heavy atom. The van der Waals surface area contributed by atoms with Gasteiger partial charge in [-0.3, -0.25) is 0 Å². The Morgan fingerprint density at radius 3 is 2.83 bits per heavy atom. The first-order valence-corrected chi connectivity index (χ1v) is 7.89. The third-order valence-corrected chi connectivity index (χ3v) is 3.67. The quantitative estimate of drug-likeness (QED) is 0.438. The number of nitrogens with one attached hydrogen (secondary N) is 1. The number of anilines is 1. The lowest BCUT2D eigenvalue weighted by molar-refractivity contribution is -0.605. The molecule has 24 heavy (non-hydrogen) atoms. The molecule has 3 heterocycles. The molecule has 0 aliphatic carbocycles. The van der Waals surface area contributed by atoms with Crippen LogP contribution in [0.4, 0.5) is 19.1 Å². The van der Waals surface area contributed by atoms with Gasteiger partial charge < -0.3 is 10.5 Å². The lowest BCUT2D eigenvalue weighted by atomic mass is 10.3. The second-order valence-corrected chi connectivity index (χ2v) is 5.52. The number of rotatable bonds is 4. The number of hydrogen-bond donors (Lipinski definition) is 1. The third kappa shape index (κ3) is 3.20. The van der Waals surface area contributed by atoms with E-state index in [0.29, 0.717) is 16.5 Å². The van der Waals surface area contributed by atoms with Gasteiger partial charge in [0.25, 0.3) is 0 Å². The lowest BCUT2D eigenvalue weighted by Crippen LogP contribution is -2.25. The smallest absolute Gasteiger partial charge is 0.421 e. The molecule has 0 aliphatic rings. The summed E-state index contributed by atoms with van der Waals surface area (Å²) in [6.45, 7) is 0.199. The van der Waals surface area contributed by atoms with Crippen LogP contribution in [0.5, 0.6) is 0 Å². The highest BCUT2D eigenvalue weighted by atomic mass is 32.2. The van der Waals surface area contributed by atoms with Crippen molar-refractivity contribution in [2.75, 3.05) is 11.6 Å². The van der Waals surface area contributed by atoms with Gasteiger partial charge in [0.1, 0.15) is 5.56 Å². The van der Waals surface area contributed by atoms with Crippen LogP contribution in [0.1, 0.15) is 11.1 Å². The van der Waals surface area contributed by atoms with Crippen LogP contribution in [-0.4, -0.2) is 25.8 Å². The highest BCUT2D eigenvalue weighted by Crippen LogP contribution is 2.32. The van der Waals surface area contributed by atoms with Crippen molar-refractivity contribution in [3.05, 3.63) is 47.1 Å². The Kier molecular flexibility index (Phi) is 4.18. The minimum Gasteiger partial charge on any atom is -0.619 e. The molecule has 3 aromatic heterocycles. The zero-order valence-corrected chi connectivity index (χ0v) is 13.1. The van der Waals surface area contributed by atoms with Gasteiger partial charge in [-0.15, -0.1) is 0 Å². The summed E-state index contributed by atoms with van der Waals surface area (Å²) >= 11 is 1.12. The topological polar surface area (TPSA) is 82.0 Å². The molecular formula is C13H11F3N6OS. The van der Waals surface area contributed by atoms with Gasteiger partial charge in [-0.2, -0.15) is 32.5 Å². The predicted molar refractivity (Wildman–Crippen MR) is 80.3 cm³/mol. The van der Waals surface area contributed by atoms with Gasteiger partial charge in [0.15, 0.2) is 23.2 Å². The van der Waals surface area contributed by atoms with Crippen molar-refractivity contribution in [2.45, 2.75) is 17.9 Å². The molecule has 0 radical (unpaired) electrons. The van der Waals surface area contributed by atoms with Crippen LogP contribution >= 0.6 is 11.8 Å². The van der Waals surface area contributed by atoms with Crippen LogP contribution in [0.25, 0.3) is 5.65 Å². The minimum atomic E-state index is -4.56. The number of fused-ring (bicyclic) bond motifs is 1. The summed E-state index contributed by atoms with van der Waals surface area (Å²) in [5, 5.41) is 18.0. The Bertz CT molecular complexity index is 882. The summed E-state index contributed by atoms with van der Waals surface area (Å²) in [6.07, 6.45) is 0.507. The number of halogens is 3. The van der Waals surface area contributed by atoms with Gasteiger partial charge in [0.05, 0.1) is 6.20 Å². The van der Waals surface area contributed by atoms with Crippen molar-refractivity contribution in [3.63, 3.8) is 0 Å². The van der Waals surface area contributed by atoms with E-state index in [4.69, 9.17) is 0 Å². The maximum absolute atomic E-state index is 13.0. The van der Waals surface area contributed by atoms with Crippen LogP contribution in [0.3, 0.4) is 0 Å². The van der Waals surface area contributed by atoms with Crippen molar-refractivity contribution < 1.29 is 17.9 Å². The first-order valence-electron chi connectivity index (χ1n) is 6.67. The largest absolute Gasteiger partial charge is 0.619 e. The normalized spacial score (nSPS) is 11.8. The molecule has 0 fully saturated rings. The summed E-state index contributed by atoms with van der Waals surface area (Å²) in [5.41, 5.74) is -0.607. The number of pyridine rings is 1. The van der Waals surface area contributed by atoms with E-state index in [1.54, 1.807) is 18.4 Å². The van der Waals surface area contributed by atoms with Crippen molar-refractivity contribution >= 4 is 23.4 Å². The molecule has 1 N–H and O–H groups in total. The van der Waals surface area contributed by atoms with E-state index in [9.17, 15) is 18.4 Å². The molecule has 3 aromatic rings. The SMILES string of the molecule is CSc1nc(NCc2ccc[n+]([O-])c2)n2ncc(C(F)(F)F)c2n1. The fourth-order valence-corrected chi connectivity index (χ4v) is 2.41. The molecule has 7 nitrogen and oxygen atoms in total. The Morgan fingerprint density at radius 1 is 1.38 bits per heavy atom. The molecule has 3 rings (SSSR count). The molecule has 0 spiro atoms. The van der Waals surface area contributed by atoms with Gasteiger partial charge in [-0.1, -0.05) is 11.8 Å². The van der Waals surface area contributed by atoms with Crippen molar-refractivity contribution in [2.24, 2.45) is 0 Å². The van der Waals surface area contributed by atoms with E-state index in [-0.39, 0.29) is 23.3 Å². The second-order valence-electron chi connectivity index (χ2n) is 4.75. The standard InChI is InChI=1S/C13H11F3N6OS/c1-24-12-19-10-9(13(14,15)16)6-18-22(10)11(20-12)17-5-8-3-2-4-21(23)7-8/h2-4,6-7H,5H2,1H3,(H,17,19,20). The van der Waals surface area contributed by atoms with E-state index in [0.717, 1.165) is 16.3 Å². The monoisotopic (exact) mass is 356 g/mol. The van der Waals surface area contributed by atoms with Gasteiger partial charge >= 0.3 is 6.18 Å². The number of alkyl halides is 3. The fourth-order valence-electron chi connectivity index (χ4n) is 2.05. The molecule has 0 amide bonds. The summed E-state index contributed by atoms with van der Waals surface area (Å²) in [6, 6.07) is 3.28. The molecule has 0 bridgehead atoms. The zero-order valence-electron chi connectivity index (χ0n) is 12.3.